The molecule has 0 aliphatic carbocycles. The van der Waals surface area contributed by atoms with Crippen molar-refractivity contribution in [3.63, 3.8) is 0 Å². The Morgan fingerprint density at radius 2 is 2.24 bits per heavy atom. The third-order valence-corrected chi connectivity index (χ3v) is 4.39. The standard InChI is InChI=1S/C19H26N2O4/c1-13-11-14-5-4-6-15(18(14)25-13)19(22)20-16-12-23-9-7-17(16)24-10-8-21(2)3/h4-6,11,16-17H,7-10,12H2,1-3H3,(H,20,22). The van der Waals surface area contributed by atoms with E-state index in [1.165, 1.54) is 0 Å². The number of nitrogens with one attached hydrogen (secondary N) is 1. The molecule has 0 radical (unpaired) electrons. The van der Waals surface area contributed by atoms with Crippen LogP contribution in [0.1, 0.15) is 22.5 Å². The second kappa shape index (κ2) is 7.99. The van der Waals surface area contributed by atoms with Crippen LogP contribution in [-0.4, -0.2) is 63.4 Å². The highest BCUT2D eigenvalue weighted by Crippen LogP contribution is 2.23. The number of hydrogen-bond donors (Lipinski definition) is 1. The smallest absolute Gasteiger partial charge is 0.255 e. The van der Waals surface area contributed by atoms with E-state index < -0.39 is 0 Å². The van der Waals surface area contributed by atoms with Gasteiger partial charge < -0.3 is 24.1 Å². The fraction of sp³-hybridized carbons (Fsp3) is 0.526. The Morgan fingerprint density at radius 1 is 1.40 bits per heavy atom. The zero-order valence-electron chi connectivity index (χ0n) is 15.1. The molecule has 1 fully saturated rings. The van der Waals surface area contributed by atoms with Gasteiger partial charge in [-0.1, -0.05) is 12.1 Å². The summed E-state index contributed by atoms with van der Waals surface area (Å²) in [7, 11) is 4.03. The average Bonchev–Trinajstić information content (AvgIpc) is 2.96. The van der Waals surface area contributed by atoms with Gasteiger partial charge in [0, 0.05) is 18.5 Å². The molecule has 1 N–H and O–H groups in total. The number of carbonyl (C=O) groups excluding carboxylic acids is 1. The number of furan rings is 1. The summed E-state index contributed by atoms with van der Waals surface area (Å²) in [6.07, 6.45) is 0.748. The molecule has 2 heterocycles. The number of hydrogen-bond acceptors (Lipinski definition) is 5. The van der Waals surface area contributed by atoms with Gasteiger partial charge in [0.1, 0.15) is 11.3 Å². The van der Waals surface area contributed by atoms with Crippen molar-refractivity contribution < 1.29 is 18.7 Å². The highest BCUT2D eigenvalue weighted by molar-refractivity contribution is 6.05. The van der Waals surface area contributed by atoms with Gasteiger partial charge in [-0.05, 0) is 39.6 Å². The molecule has 1 amide bonds. The monoisotopic (exact) mass is 346 g/mol. The first-order valence-electron chi connectivity index (χ1n) is 8.68. The lowest BCUT2D eigenvalue weighted by Gasteiger charge is -2.32. The van der Waals surface area contributed by atoms with Crippen LogP contribution in [0.4, 0.5) is 0 Å². The van der Waals surface area contributed by atoms with Crippen LogP contribution in [-0.2, 0) is 9.47 Å². The summed E-state index contributed by atoms with van der Waals surface area (Å²) in [5, 5.41) is 4.00. The second-order valence-electron chi connectivity index (χ2n) is 6.74. The van der Waals surface area contributed by atoms with Crippen LogP contribution in [0.25, 0.3) is 11.0 Å². The SMILES string of the molecule is Cc1cc2cccc(C(=O)NC3COCCC3OCCN(C)C)c2o1. The van der Waals surface area contributed by atoms with Gasteiger partial charge in [0.25, 0.3) is 5.91 Å². The largest absolute Gasteiger partial charge is 0.461 e. The zero-order chi connectivity index (χ0) is 17.8. The van der Waals surface area contributed by atoms with Crippen molar-refractivity contribution in [2.75, 3.05) is 40.5 Å². The summed E-state index contributed by atoms with van der Waals surface area (Å²) in [6.45, 7) is 4.49. The summed E-state index contributed by atoms with van der Waals surface area (Å²) < 4.78 is 17.2. The van der Waals surface area contributed by atoms with Crippen LogP contribution in [0.5, 0.6) is 0 Å². The third kappa shape index (κ3) is 4.39. The maximum atomic E-state index is 12.8. The molecule has 25 heavy (non-hydrogen) atoms. The molecule has 6 heteroatoms. The number of amides is 1. The normalized spacial score (nSPS) is 21.0. The molecule has 1 aliphatic heterocycles. The first-order valence-corrected chi connectivity index (χ1v) is 8.68. The van der Waals surface area contributed by atoms with Crippen LogP contribution in [0.15, 0.2) is 28.7 Å². The zero-order valence-corrected chi connectivity index (χ0v) is 15.1. The number of ether oxygens (including phenoxy) is 2. The molecule has 3 rings (SSSR count). The predicted octanol–water partition coefficient (Wildman–Crippen LogP) is 2.21. The summed E-state index contributed by atoms with van der Waals surface area (Å²) in [4.78, 5) is 14.8. The second-order valence-corrected chi connectivity index (χ2v) is 6.74. The number of aryl methyl sites for hydroxylation is 1. The highest BCUT2D eigenvalue weighted by Gasteiger charge is 2.29. The Balaban J connectivity index is 1.69. The van der Waals surface area contributed by atoms with Crippen molar-refractivity contribution in [3.8, 4) is 0 Å². The maximum Gasteiger partial charge on any atom is 0.255 e. The molecule has 1 aliphatic rings. The number of carbonyl (C=O) groups is 1. The van der Waals surface area contributed by atoms with E-state index in [1.54, 1.807) is 6.07 Å². The molecule has 1 aromatic heterocycles. The summed E-state index contributed by atoms with van der Waals surface area (Å²) >= 11 is 0. The van der Waals surface area contributed by atoms with Crippen LogP contribution in [0, 0.1) is 6.92 Å². The van der Waals surface area contributed by atoms with Crippen molar-refractivity contribution in [2.24, 2.45) is 0 Å². The van der Waals surface area contributed by atoms with E-state index in [9.17, 15) is 4.79 Å². The van der Waals surface area contributed by atoms with Gasteiger partial charge in [-0.2, -0.15) is 0 Å². The molecule has 1 aromatic carbocycles. The molecule has 1 saturated heterocycles. The molecular weight excluding hydrogens is 320 g/mol. The molecule has 0 bridgehead atoms. The minimum atomic E-state index is -0.158. The van der Waals surface area contributed by atoms with Gasteiger partial charge in [0.15, 0.2) is 0 Å². The van der Waals surface area contributed by atoms with Crippen molar-refractivity contribution in [1.29, 1.82) is 0 Å². The van der Waals surface area contributed by atoms with E-state index in [2.05, 4.69) is 10.2 Å². The lowest BCUT2D eigenvalue weighted by Crippen LogP contribution is -2.51. The number of rotatable bonds is 6. The van der Waals surface area contributed by atoms with Crippen LogP contribution in [0.2, 0.25) is 0 Å². The van der Waals surface area contributed by atoms with Gasteiger partial charge in [-0.3, -0.25) is 4.79 Å². The Morgan fingerprint density at radius 3 is 3.04 bits per heavy atom. The summed E-state index contributed by atoms with van der Waals surface area (Å²) in [5.74, 6) is 0.637. The van der Waals surface area contributed by atoms with Gasteiger partial charge >= 0.3 is 0 Å². The Hall–Kier alpha value is -1.89. The first-order chi connectivity index (χ1) is 12.0. The van der Waals surface area contributed by atoms with Gasteiger partial charge in [-0.15, -0.1) is 0 Å². The van der Waals surface area contributed by atoms with Gasteiger partial charge in [0.2, 0.25) is 0 Å². The fourth-order valence-corrected chi connectivity index (χ4v) is 3.06. The van der Waals surface area contributed by atoms with Crippen LogP contribution in [0.3, 0.4) is 0 Å². The van der Waals surface area contributed by atoms with E-state index in [0.717, 1.165) is 24.1 Å². The number of benzene rings is 1. The fourth-order valence-electron chi connectivity index (χ4n) is 3.06. The first kappa shape index (κ1) is 17.9. The molecular formula is C19H26N2O4. The molecule has 0 spiro atoms. The molecule has 136 valence electrons. The van der Waals surface area contributed by atoms with Crippen molar-refractivity contribution >= 4 is 16.9 Å². The minimum absolute atomic E-state index is 0.0322. The maximum absolute atomic E-state index is 12.8. The van der Waals surface area contributed by atoms with E-state index in [4.69, 9.17) is 13.9 Å². The van der Waals surface area contributed by atoms with Gasteiger partial charge in [-0.25, -0.2) is 0 Å². The van der Waals surface area contributed by atoms with E-state index >= 15 is 0 Å². The third-order valence-electron chi connectivity index (χ3n) is 4.39. The van der Waals surface area contributed by atoms with E-state index in [1.807, 2.05) is 39.2 Å². The van der Waals surface area contributed by atoms with Crippen LogP contribution >= 0.6 is 0 Å². The van der Waals surface area contributed by atoms with Crippen molar-refractivity contribution in [1.82, 2.24) is 10.2 Å². The molecule has 2 atom stereocenters. The topological polar surface area (TPSA) is 63.9 Å². The molecule has 2 aromatic rings. The quantitative estimate of drug-likeness (QED) is 0.869. The minimum Gasteiger partial charge on any atom is -0.461 e. The highest BCUT2D eigenvalue weighted by atomic mass is 16.5. The van der Waals surface area contributed by atoms with Gasteiger partial charge in [0.05, 0.1) is 30.9 Å². The Labute approximate surface area is 148 Å². The molecule has 0 saturated carbocycles. The summed E-state index contributed by atoms with van der Waals surface area (Å²) in [6, 6.07) is 7.37. The molecule has 2 unspecified atom stereocenters. The average molecular weight is 346 g/mol. The lowest BCUT2D eigenvalue weighted by molar-refractivity contribution is -0.0561. The number of nitrogens with zero attached hydrogens (tertiary/aromatic N) is 1. The summed E-state index contributed by atoms with van der Waals surface area (Å²) in [5.41, 5.74) is 1.17. The van der Waals surface area contributed by atoms with Crippen LogP contribution < -0.4 is 5.32 Å². The number of likely N-dealkylation sites (N-methyl/N-ethyl adjacent to an activating group) is 1. The molecule has 6 nitrogen and oxygen atoms in total. The van der Waals surface area contributed by atoms with E-state index in [0.29, 0.717) is 31.0 Å². The number of para-hydroxylation sites is 1. The Kier molecular flexibility index (Phi) is 5.73. The van der Waals surface area contributed by atoms with Crippen molar-refractivity contribution in [2.45, 2.75) is 25.5 Å². The van der Waals surface area contributed by atoms with E-state index in [-0.39, 0.29) is 18.1 Å². The van der Waals surface area contributed by atoms with Crippen molar-refractivity contribution in [3.05, 3.63) is 35.6 Å². The number of fused-ring (bicyclic) bond motifs is 1. The Bertz CT molecular complexity index is 725. The predicted molar refractivity (Wildman–Crippen MR) is 95.9 cm³/mol. The lowest BCUT2D eigenvalue weighted by atomic mass is 10.1.